The lowest BCUT2D eigenvalue weighted by molar-refractivity contribution is -0.131. The Bertz CT molecular complexity index is 625. The molecule has 0 saturated carbocycles. The van der Waals surface area contributed by atoms with Gasteiger partial charge in [-0.1, -0.05) is 41.9 Å². The normalized spacial score (nSPS) is 15.1. The van der Waals surface area contributed by atoms with Gasteiger partial charge in [0.05, 0.1) is 11.7 Å². The summed E-state index contributed by atoms with van der Waals surface area (Å²) in [7, 11) is 0. The summed E-state index contributed by atoms with van der Waals surface area (Å²) in [5, 5.41) is 0.453. The van der Waals surface area contributed by atoms with E-state index in [1.165, 1.54) is 5.56 Å². The van der Waals surface area contributed by atoms with Crippen LogP contribution in [0.5, 0.6) is 0 Å². The standard InChI is InChI=1S/C15H17ClN4OS/c16-14-15(18-22-17-14)20-10-8-19(9-11-20)13(21)7-6-12-4-2-1-3-5-12/h1-5H,6-11H2. The zero-order valence-corrected chi connectivity index (χ0v) is 13.7. The van der Waals surface area contributed by atoms with Crippen molar-refractivity contribution in [2.24, 2.45) is 0 Å². The van der Waals surface area contributed by atoms with Crippen LogP contribution >= 0.6 is 23.3 Å². The van der Waals surface area contributed by atoms with Crippen molar-refractivity contribution in [3.63, 3.8) is 0 Å². The summed E-state index contributed by atoms with van der Waals surface area (Å²) in [5.74, 6) is 0.953. The Morgan fingerprint density at radius 2 is 1.86 bits per heavy atom. The smallest absolute Gasteiger partial charge is 0.223 e. The van der Waals surface area contributed by atoms with Gasteiger partial charge in [0.2, 0.25) is 5.91 Å². The molecule has 1 aliphatic rings. The van der Waals surface area contributed by atoms with E-state index in [0.717, 1.165) is 37.1 Å². The molecule has 0 N–H and O–H groups in total. The van der Waals surface area contributed by atoms with Crippen LogP contribution in [0.2, 0.25) is 5.15 Å². The van der Waals surface area contributed by atoms with Crippen LogP contribution in [0.3, 0.4) is 0 Å². The second kappa shape index (κ2) is 7.07. The van der Waals surface area contributed by atoms with Gasteiger partial charge in [-0.05, 0) is 12.0 Å². The average Bonchev–Trinajstić information content (AvgIpc) is 3.00. The molecule has 0 radical (unpaired) electrons. The maximum atomic E-state index is 12.3. The molecular formula is C15H17ClN4OS. The molecule has 1 amide bonds. The Labute approximate surface area is 138 Å². The molecule has 5 nitrogen and oxygen atoms in total. The van der Waals surface area contributed by atoms with Crippen LogP contribution in [0, 0.1) is 0 Å². The molecule has 2 heterocycles. The molecule has 1 fully saturated rings. The molecule has 22 heavy (non-hydrogen) atoms. The van der Waals surface area contributed by atoms with Gasteiger partial charge in [0.15, 0.2) is 11.0 Å². The molecule has 1 aromatic carbocycles. The summed E-state index contributed by atoms with van der Waals surface area (Å²) in [6, 6.07) is 10.1. The fourth-order valence-electron chi connectivity index (χ4n) is 2.58. The Morgan fingerprint density at radius 1 is 1.14 bits per heavy atom. The van der Waals surface area contributed by atoms with Gasteiger partial charge in [0, 0.05) is 32.6 Å². The van der Waals surface area contributed by atoms with E-state index in [1.54, 1.807) is 0 Å². The third kappa shape index (κ3) is 3.56. The van der Waals surface area contributed by atoms with E-state index in [2.05, 4.69) is 25.8 Å². The first-order valence-electron chi connectivity index (χ1n) is 7.29. The average molecular weight is 337 g/mol. The van der Waals surface area contributed by atoms with Crippen molar-refractivity contribution in [3.8, 4) is 0 Å². The van der Waals surface area contributed by atoms with E-state index in [0.29, 0.717) is 24.7 Å². The highest BCUT2D eigenvalue weighted by atomic mass is 35.5. The van der Waals surface area contributed by atoms with E-state index >= 15 is 0 Å². The first-order valence-corrected chi connectivity index (χ1v) is 8.39. The number of aryl methyl sites for hydroxylation is 1. The number of hydrogen-bond acceptors (Lipinski definition) is 5. The van der Waals surface area contributed by atoms with Crippen LogP contribution in [-0.2, 0) is 11.2 Å². The molecule has 1 saturated heterocycles. The third-order valence-electron chi connectivity index (χ3n) is 3.84. The second-order valence-corrected chi connectivity index (χ2v) is 6.12. The zero-order valence-electron chi connectivity index (χ0n) is 12.1. The van der Waals surface area contributed by atoms with Gasteiger partial charge in [0.1, 0.15) is 0 Å². The van der Waals surface area contributed by atoms with Crippen molar-refractivity contribution in [2.75, 3.05) is 31.1 Å². The molecule has 0 aliphatic carbocycles. The number of aromatic nitrogens is 2. The van der Waals surface area contributed by atoms with E-state index < -0.39 is 0 Å². The van der Waals surface area contributed by atoms with Crippen LogP contribution in [-0.4, -0.2) is 45.7 Å². The summed E-state index contributed by atoms with van der Waals surface area (Å²) in [6.07, 6.45) is 1.35. The minimum atomic E-state index is 0.214. The first-order chi connectivity index (χ1) is 10.7. The molecule has 0 atom stereocenters. The van der Waals surface area contributed by atoms with Gasteiger partial charge in [-0.15, -0.1) is 0 Å². The van der Waals surface area contributed by atoms with E-state index in [9.17, 15) is 4.79 Å². The van der Waals surface area contributed by atoms with Gasteiger partial charge in [-0.2, -0.15) is 8.75 Å². The van der Waals surface area contributed by atoms with Crippen molar-refractivity contribution >= 4 is 35.1 Å². The Kier molecular flexibility index (Phi) is 4.90. The molecule has 1 aliphatic heterocycles. The molecular weight excluding hydrogens is 320 g/mol. The molecule has 7 heteroatoms. The largest absolute Gasteiger partial charge is 0.350 e. The monoisotopic (exact) mass is 336 g/mol. The van der Waals surface area contributed by atoms with E-state index in [-0.39, 0.29) is 5.91 Å². The van der Waals surface area contributed by atoms with Crippen LogP contribution in [0.1, 0.15) is 12.0 Å². The minimum Gasteiger partial charge on any atom is -0.350 e. The van der Waals surface area contributed by atoms with Crippen LogP contribution in [0.4, 0.5) is 5.82 Å². The van der Waals surface area contributed by atoms with E-state index in [1.807, 2.05) is 23.1 Å². The summed E-state index contributed by atoms with van der Waals surface area (Å²) in [5.41, 5.74) is 1.20. The molecule has 0 unspecified atom stereocenters. The molecule has 2 aromatic rings. The Balaban J connectivity index is 1.49. The molecule has 0 spiro atoms. The summed E-state index contributed by atoms with van der Waals surface area (Å²) in [6.45, 7) is 2.92. The van der Waals surface area contributed by atoms with Crippen molar-refractivity contribution in [1.29, 1.82) is 0 Å². The predicted molar refractivity (Wildman–Crippen MR) is 88.5 cm³/mol. The number of anilines is 1. The second-order valence-electron chi connectivity index (χ2n) is 5.23. The number of carbonyl (C=O) groups excluding carboxylic acids is 1. The maximum absolute atomic E-state index is 12.3. The number of hydrogen-bond donors (Lipinski definition) is 0. The number of carbonyl (C=O) groups is 1. The summed E-state index contributed by atoms with van der Waals surface area (Å²) >= 11 is 7.12. The summed E-state index contributed by atoms with van der Waals surface area (Å²) in [4.78, 5) is 16.3. The number of amides is 1. The van der Waals surface area contributed by atoms with Gasteiger partial charge in [0.25, 0.3) is 0 Å². The molecule has 0 bridgehead atoms. The predicted octanol–water partition coefficient (Wildman–Crippen LogP) is 2.47. The van der Waals surface area contributed by atoms with Crippen molar-refractivity contribution in [2.45, 2.75) is 12.8 Å². The number of halogens is 1. The number of benzene rings is 1. The fraction of sp³-hybridized carbons (Fsp3) is 0.400. The Morgan fingerprint density at radius 3 is 2.50 bits per heavy atom. The molecule has 1 aromatic heterocycles. The SMILES string of the molecule is O=C(CCc1ccccc1)N1CCN(c2nsnc2Cl)CC1. The van der Waals surface area contributed by atoms with Crippen molar-refractivity contribution in [1.82, 2.24) is 13.6 Å². The molecule has 116 valence electrons. The lowest BCUT2D eigenvalue weighted by atomic mass is 10.1. The van der Waals surface area contributed by atoms with Gasteiger partial charge >= 0.3 is 0 Å². The van der Waals surface area contributed by atoms with Gasteiger partial charge in [-0.25, -0.2) is 0 Å². The van der Waals surface area contributed by atoms with Gasteiger partial charge < -0.3 is 9.80 Å². The molecule has 3 rings (SSSR count). The maximum Gasteiger partial charge on any atom is 0.223 e. The topological polar surface area (TPSA) is 49.3 Å². The minimum absolute atomic E-state index is 0.214. The fourth-order valence-corrected chi connectivity index (χ4v) is 3.36. The quantitative estimate of drug-likeness (QED) is 0.860. The van der Waals surface area contributed by atoms with Crippen molar-refractivity contribution in [3.05, 3.63) is 41.0 Å². The highest BCUT2D eigenvalue weighted by molar-refractivity contribution is 6.99. The highest BCUT2D eigenvalue weighted by Gasteiger charge is 2.23. The summed E-state index contributed by atoms with van der Waals surface area (Å²) < 4.78 is 8.19. The van der Waals surface area contributed by atoms with Crippen LogP contribution < -0.4 is 4.90 Å². The zero-order chi connectivity index (χ0) is 15.4. The number of piperazine rings is 1. The lowest BCUT2D eigenvalue weighted by Gasteiger charge is -2.34. The van der Waals surface area contributed by atoms with Crippen molar-refractivity contribution < 1.29 is 4.79 Å². The highest BCUT2D eigenvalue weighted by Crippen LogP contribution is 2.23. The first kappa shape index (κ1) is 15.2. The third-order valence-corrected chi connectivity index (χ3v) is 4.71. The Hall–Kier alpha value is -1.66. The number of nitrogens with zero attached hydrogens (tertiary/aromatic N) is 4. The lowest BCUT2D eigenvalue weighted by Crippen LogP contribution is -2.49. The van der Waals surface area contributed by atoms with Crippen LogP contribution in [0.25, 0.3) is 0 Å². The number of rotatable bonds is 4. The van der Waals surface area contributed by atoms with E-state index in [4.69, 9.17) is 11.6 Å². The van der Waals surface area contributed by atoms with Crippen LogP contribution in [0.15, 0.2) is 30.3 Å². The van der Waals surface area contributed by atoms with Gasteiger partial charge in [-0.3, -0.25) is 4.79 Å².